The van der Waals surface area contributed by atoms with E-state index in [1.807, 2.05) is 18.2 Å². The zero-order valence-electron chi connectivity index (χ0n) is 11.5. The number of rotatable bonds is 3. The van der Waals surface area contributed by atoms with E-state index in [-0.39, 0.29) is 0 Å². The monoisotopic (exact) mass is 282 g/mol. The van der Waals surface area contributed by atoms with Gasteiger partial charge in [0, 0.05) is 5.39 Å². The van der Waals surface area contributed by atoms with Crippen molar-refractivity contribution in [3.8, 4) is 0 Å². The summed E-state index contributed by atoms with van der Waals surface area (Å²) >= 11 is 0. The molecule has 1 unspecified atom stereocenters. The van der Waals surface area contributed by atoms with E-state index in [0.717, 1.165) is 35.4 Å². The zero-order chi connectivity index (χ0) is 14.5. The normalized spacial score (nSPS) is 24.1. The van der Waals surface area contributed by atoms with Crippen LogP contribution in [0, 0.1) is 5.92 Å². The summed E-state index contributed by atoms with van der Waals surface area (Å²) in [6.45, 7) is 3.30. The molecule has 1 aromatic carbocycles. The van der Waals surface area contributed by atoms with Gasteiger partial charge in [0.1, 0.15) is 6.04 Å². The maximum atomic E-state index is 12.9. The quantitative estimate of drug-likeness (QED) is 0.799. The summed E-state index contributed by atoms with van der Waals surface area (Å²) in [6, 6.07) is 4.18. The predicted molar refractivity (Wildman–Crippen MR) is 71.6 cm³/mol. The molecule has 20 heavy (non-hydrogen) atoms. The van der Waals surface area contributed by atoms with Gasteiger partial charge in [0.2, 0.25) is 0 Å². The molecule has 0 aliphatic heterocycles. The Balaban J connectivity index is 2.00. The van der Waals surface area contributed by atoms with Crippen molar-refractivity contribution in [3.63, 3.8) is 0 Å². The molecule has 0 radical (unpaired) electrons. The molecule has 0 spiro atoms. The van der Waals surface area contributed by atoms with Gasteiger partial charge in [-0.25, -0.2) is 0 Å². The maximum absolute atomic E-state index is 12.9. The van der Waals surface area contributed by atoms with Crippen molar-refractivity contribution in [1.29, 1.82) is 0 Å². The Kier molecular flexibility index (Phi) is 3.03. The number of fused-ring (bicyclic) bond motifs is 1. The molecule has 1 aliphatic carbocycles. The standard InChI is InChI=1S/C15H17F3N2/c1-3-10-6-13(10)11-4-5-12-8-19-20(14(12)7-11)9(2)15(16,17)18/h4-5,7-10,13H,3,6H2,1-2H3/t9?,10-,13-/m0/s1. The highest BCUT2D eigenvalue weighted by molar-refractivity contribution is 5.79. The first-order valence-corrected chi connectivity index (χ1v) is 6.95. The lowest BCUT2D eigenvalue weighted by atomic mass is 10.1. The fourth-order valence-electron chi connectivity index (χ4n) is 2.84. The predicted octanol–water partition coefficient (Wildman–Crippen LogP) is 4.67. The minimum absolute atomic E-state index is 0.508. The van der Waals surface area contributed by atoms with Gasteiger partial charge in [0.05, 0.1) is 11.7 Å². The van der Waals surface area contributed by atoms with E-state index in [1.54, 1.807) is 0 Å². The van der Waals surface area contributed by atoms with Gasteiger partial charge in [-0.15, -0.1) is 0 Å². The second-order valence-corrected chi connectivity index (χ2v) is 5.64. The Hall–Kier alpha value is -1.52. The van der Waals surface area contributed by atoms with Crippen LogP contribution in [0.5, 0.6) is 0 Å². The topological polar surface area (TPSA) is 17.8 Å². The van der Waals surface area contributed by atoms with Crippen molar-refractivity contribution in [1.82, 2.24) is 9.78 Å². The third kappa shape index (κ3) is 2.19. The molecule has 1 fully saturated rings. The molecule has 1 heterocycles. The molecule has 0 bridgehead atoms. The Morgan fingerprint density at radius 2 is 2.15 bits per heavy atom. The van der Waals surface area contributed by atoms with Crippen LogP contribution in [-0.4, -0.2) is 16.0 Å². The van der Waals surface area contributed by atoms with Gasteiger partial charge >= 0.3 is 6.18 Å². The molecule has 1 saturated carbocycles. The highest BCUT2D eigenvalue weighted by atomic mass is 19.4. The number of alkyl halides is 3. The van der Waals surface area contributed by atoms with Gasteiger partial charge in [-0.2, -0.15) is 18.3 Å². The van der Waals surface area contributed by atoms with E-state index in [4.69, 9.17) is 0 Å². The number of hydrogen-bond acceptors (Lipinski definition) is 1. The highest BCUT2D eigenvalue weighted by Gasteiger charge is 2.39. The van der Waals surface area contributed by atoms with Gasteiger partial charge in [-0.05, 0) is 36.8 Å². The largest absolute Gasteiger partial charge is 0.410 e. The summed E-state index contributed by atoms with van der Waals surface area (Å²) in [5.41, 5.74) is 1.72. The smallest absolute Gasteiger partial charge is 0.253 e. The van der Waals surface area contributed by atoms with Crippen LogP contribution in [0.3, 0.4) is 0 Å². The third-order valence-electron chi connectivity index (χ3n) is 4.34. The Morgan fingerprint density at radius 1 is 1.40 bits per heavy atom. The number of halogens is 3. The van der Waals surface area contributed by atoms with Crippen LogP contribution in [-0.2, 0) is 0 Å². The molecule has 1 aromatic heterocycles. The molecule has 0 N–H and O–H groups in total. The first-order valence-electron chi connectivity index (χ1n) is 6.95. The van der Waals surface area contributed by atoms with Crippen molar-refractivity contribution in [3.05, 3.63) is 30.0 Å². The van der Waals surface area contributed by atoms with E-state index < -0.39 is 12.2 Å². The van der Waals surface area contributed by atoms with E-state index >= 15 is 0 Å². The molecule has 2 nitrogen and oxygen atoms in total. The van der Waals surface area contributed by atoms with Crippen LogP contribution in [0.1, 0.15) is 44.2 Å². The zero-order valence-corrected chi connectivity index (χ0v) is 11.5. The van der Waals surface area contributed by atoms with Crippen LogP contribution < -0.4 is 0 Å². The first-order chi connectivity index (χ1) is 9.41. The third-order valence-corrected chi connectivity index (χ3v) is 4.34. The summed E-state index contributed by atoms with van der Waals surface area (Å²) in [6.07, 6.45) is -0.502. The SMILES string of the molecule is CC[C@H]1C[C@@H]1c1ccc2cnn(C(C)C(F)(F)F)c2c1. The van der Waals surface area contributed by atoms with Gasteiger partial charge in [0.25, 0.3) is 0 Å². The highest BCUT2D eigenvalue weighted by Crippen LogP contribution is 2.49. The van der Waals surface area contributed by atoms with Crippen molar-refractivity contribution in [2.45, 2.75) is 44.8 Å². The Bertz CT molecular complexity index is 630. The van der Waals surface area contributed by atoms with Crippen LogP contribution in [0.25, 0.3) is 10.9 Å². The summed E-state index contributed by atoms with van der Waals surface area (Å²) in [4.78, 5) is 0. The molecule has 2 aromatic rings. The molecule has 0 amide bonds. The van der Waals surface area contributed by atoms with Crippen molar-refractivity contribution in [2.75, 3.05) is 0 Å². The van der Waals surface area contributed by atoms with Crippen molar-refractivity contribution in [2.24, 2.45) is 5.92 Å². The maximum Gasteiger partial charge on any atom is 0.410 e. The number of nitrogens with zero attached hydrogens (tertiary/aromatic N) is 2. The van der Waals surface area contributed by atoms with E-state index in [1.165, 1.54) is 6.20 Å². The molecule has 5 heteroatoms. The summed E-state index contributed by atoms with van der Waals surface area (Å²) < 4.78 is 39.7. The van der Waals surface area contributed by atoms with Crippen LogP contribution in [0.15, 0.2) is 24.4 Å². The van der Waals surface area contributed by atoms with Crippen LogP contribution in [0.2, 0.25) is 0 Å². The molecular formula is C15H17F3N2. The van der Waals surface area contributed by atoms with Crippen LogP contribution >= 0.6 is 0 Å². The van der Waals surface area contributed by atoms with Gasteiger partial charge in [-0.3, -0.25) is 4.68 Å². The van der Waals surface area contributed by atoms with E-state index in [9.17, 15) is 13.2 Å². The molecule has 0 saturated heterocycles. The number of aromatic nitrogens is 2. The van der Waals surface area contributed by atoms with Gasteiger partial charge < -0.3 is 0 Å². The second-order valence-electron chi connectivity index (χ2n) is 5.64. The summed E-state index contributed by atoms with van der Waals surface area (Å²) in [5, 5.41) is 4.68. The van der Waals surface area contributed by atoms with E-state index in [0.29, 0.717) is 17.4 Å². The number of benzene rings is 1. The second kappa shape index (κ2) is 4.50. The minimum atomic E-state index is -4.28. The lowest BCUT2D eigenvalue weighted by Gasteiger charge is -2.17. The summed E-state index contributed by atoms with van der Waals surface area (Å²) in [7, 11) is 0. The van der Waals surface area contributed by atoms with Gasteiger partial charge in [-0.1, -0.05) is 25.5 Å². The average molecular weight is 282 g/mol. The molecule has 3 rings (SSSR count). The lowest BCUT2D eigenvalue weighted by molar-refractivity contribution is -0.164. The minimum Gasteiger partial charge on any atom is -0.253 e. The Labute approximate surface area is 115 Å². The van der Waals surface area contributed by atoms with E-state index in [2.05, 4.69) is 12.0 Å². The molecule has 3 atom stereocenters. The average Bonchev–Trinajstić information content (AvgIpc) is 3.08. The fraction of sp³-hybridized carbons (Fsp3) is 0.533. The Morgan fingerprint density at radius 3 is 2.75 bits per heavy atom. The van der Waals surface area contributed by atoms with Crippen molar-refractivity contribution >= 4 is 10.9 Å². The molecular weight excluding hydrogens is 265 g/mol. The number of hydrogen-bond donors (Lipinski definition) is 0. The van der Waals surface area contributed by atoms with Gasteiger partial charge in [0.15, 0.2) is 0 Å². The van der Waals surface area contributed by atoms with Crippen molar-refractivity contribution < 1.29 is 13.2 Å². The lowest BCUT2D eigenvalue weighted by Crippen LogP contribution is -2.24. The summed E-state index contributed by atoms with van der Waals surface area (Å²) in [5.74, 6) is 1.19. The van der Waals surface area contributed by atoms with Crippen LogP contribution in [0.4, 0.5) is 13.2 Å². The molecule has 108 valence electrons. The first kappa shape index (κ1) is 13.5. The fourth-order valence-corrected chi connectivity index (χ4v) is 2.84. The molecule has 1 aliphatic rings.